The van der Waals surface area contributed by atoms with Crippen LogP contribution in [0.4, 0.5) is 0 Å². The molecule has 0 spiro atoms. The Balaban J connectivity index is 2.43. The lowest BCUT2D eigenvalue weighted by Crippen LogP contribution is -2.61. The summed E-state index contributed by atoms with van der Waals surface area (Å²) in [5, 5.41) is 58.7. The third kappa shape index (κ3) is 15.7. The molecule has 0 fully saturated rings. The van der Waals surface area contributed by atoms with Gasteiger partial charge in [-0.15, -0.1) is 0 Å². The zero-order valence-electron chi connectivity index (χ0n) is 29.3. The minimum Gasteiger partial charge on any atom is -0.508 e. The average molecular weight is 799 g/mol. The van der Waals surface area contributed by atoms with Crippen molar-refractivity contribution in [2.24, 2.45) is 5.73 Å². The van der Waals surface area contributed by atoms with Gasteiger partial charge >= 0.3 is 19.8 Å². The number of aliphatic hydroxyl groups is 2. The molecule has 55 heavy (non-hydrogen) atoms. The number of carboxylic acids is 2. The third-order valence-corrected chi connectivity index (χ3v) is 8.02. The van der Waals surface area contributed by atoms with E-state index in [-0.39, 0.29) is 23.5 Å². The fourth-order valence-corrected chi connectivity index (χ4v) is 5.08. The van der Waals surface area contributed by atoms with Gasteiger partial charge in [-0.05, 0) is 49.2 Å². The number of carboxylic acid groups (broad SMARTS) is 2. The number of nitrogens with two attached hydrogens (primary N) is 1. The number of aromatic hydroxyl groups is 1. The average Bonchev–Trinajstić information content (AvgIpc) is 3.08. The summed E-state index contributed by atoms with van der Waals surface area (Å²) in [5.41, 5.74) is 6.33. The van der Waals surface area contributed by atoms with Crippen LogP contribution in [0.1, 0.15) is 31.4 Å². The molecule has 5 amide bonds. The summed E-state index contributed by atoms with van der Waals surface area (Å²) in [7, 11) is -4.93. The van der Waals surface area contributed by atoms with Gasteiger partial charge in [0, 0.05) is 12.8 Å². The number of aliphatic carboxylic acids is 2. The maximum atomic E-state index is 13.8. The number of benzene rings is 2. The summed E-state index contributed by atoms with van der Waals surface area (Å²) in [5.74, 6) is -8.67. The van der Waals surface area contributed by atoms with E-state index >= 15 is 0 Å². The molecule has 0 bridgehead atoms. The van der Waals surface area contributed by atoms with Gasteiger partial charge in [0.1, 0.15) is 41.7 Å². The first-order chi connectivity index (χ1) is 25.6. The highest BCUT2D eigenvalue weighted by Crippen LogP contribution is 2.37. The second kappa shape index (κ2) is 20.7. The number of rotatable bonds is 21. The number of carbonyl (C=O) groups is 7. The molecule has 0 aliphatic heterocycles. The molecule has 2 aromatic rings. The van der Waals surface area contributed by atoms with Crippen molar-refractivity contribution in [3.8, 4) is 11.5 Å². The van der Waals surface area contributed by atoms with E-state index in [9.17, 15) is 53.4 Å². The predicted molar refractivity (Wildman–Crippen MR) is 187 cm³/mol. The highest BCUT2D eigenvalue weighted by molar-refractivity contribution is 7.46. The van der Waals surface area contributed by atoms with Crippen LogP contribution < -0.4 is 36.8 Å². The van der Waals surface area contributed by atoms with Gasteiger partial charge in [-0.25, -0.2) is 9.36 Å². The highest BCUT2D eigenvalue weighted by Gasteiger charge is 2.34. The fraction of sp³-hybridized carbons (Fsp3) is 0.406. The van der Waals surface area contributed by atoms with Crippen LogP contribution in [0, 0.1) is 0 Å². The third-order valence-electron chi connectivity index (χ3n) is 7.57. The SMILES string of the molecule is C[C@H](NC(=O)[C@@H](NC(=O)[C@H](Cc1ccc(OP(=O)(O)O)cc1)NC(=O)[C@H](Cc1ccc(O)cc1)NC(=O)[C@@H](N)CC(=O)O)[C@@H](C)O)C(=O)N[C@@H](CO)C(=O)O. The van der Waals surface area contributed by atoms with Crippen molar-refractivity contribution in [3.05, 3.63) is 59.7 Å². The lowest BCUT2D eigenvalue weighted by atomic mass is 10.0. The van der Waals surface area contributed by atoms with E-state index in [0.29, 0.717) is 5.56 Å². The molecular weight excluding hydrogens is 755 g/mol. The summed E-state index contributed by atoms with van der Waals surface area (Å²) < 4.78 is 15.8. The molecule has 0 aliphatic carbocycles. The number of hydrogen-bond donors (Lipinski definition) is 13. The van der Waals surface area contributed by atoms with Gasteiger partial charge < -0.3 is 62.4 Å². The molecule has 2 aromatic carbocycles. The Bertz CT molecular complexity index is 1740. The van der Waals surface area contributed by atoms with E-state index in [1.807, 2.05) is 5.32 Å². The normalized spacial score (nSPS) is 15.0. The van der Waals surface area contributed by atoms with Gasteiger partial charge in [-0.3, -0.25) is 38.6 Å². The van der Waals surface area contributed by atoms with Gasteiger partial charge in [0.05, 0.1) is 25.2 Å². The molecule has 0 radical (unpaired) electrons. The second-order valence-electron chi connectivity index (χ2n) is 12.2. The number of hydrogen-bond acceptors (Lipinski definition) is 13. The van der Waals surface area contributed by atoms with E-state index < -0.39 is 111 Å². The lowest BCUT2D eigenvalue weighted by Gasteiger charge is -2.27. The minimum absolute atomic E-state index is 0.118. The molecule has 22 nitrogen and oxygen atoms in total. The molecule has 0 saturated heterocycles. The number of carbonyl (C=O) groups excluding carboxylic acids is 5. The van der Waals surface area contributed by atoms with Gasteiger partial charge in [0.15, 0.2) is 0 Å². The molecule has 14 N–H and O–H groups in total. The van der Waals surface area contributed by atoms with Gasteiger partial charge in [-0.1, -0.05) is 24.3 Å². The summed E-state index contributed by atoms with van der Waals surface area (Å²) in [4.78, 5) is 107. The zero-order valence-corrected chi connectivity index (χ0v) is 30.2. The number of phosphoric acid groups is 1. The van der Waals surface area contributed by atoms with Crippen LogP contribution in [-0.2, 0) is 51.0 Å². The standard InChI is InChI=1S/C32H43N6O16P/c1-15(27(44)37-24(14-39)32(49)50)34-31(48)26(16(2)40)38-30(47)23(12-18-5-9-20(10-6-18)54-55(51,52)53)36-29(46)22(11-17-3-7-19(41)8-4-17)35-28(45)21(33)13-25(42)43/h3-10,15-16,21-24,26,39-41H,11-14,33H2,1-2H3,(H,34,48)(H,35,45)(H,36,46)(H,37,44)(H,38,47)(H,42,43)(H,49,50)(H2,51,52,53)/t15-,16+,21-,22-,23-,24-,26-/m0/s1. The number of aliphatic hydroxyl groups excluding tert-OH is 2. The molecule has 0 aromatic heterocycles. The molecule has 0 unspecified atom stereocenters. The first-order valence-electron chi connectivity index (χ1n) is 16.2. The second-order valence-corrected chi connectivity index (χ2v) is 13.3. The quantitative estimate of drug-likeness (QED) is 0.0542. The first kappa shape index (κ1) is 45.5. The van der Waals surface area contributed by atoms with Crippen LogP contribution >= 0.6 is 7.82 Å². The fourth-order valence-electron chi connectivity index (χ4n) is 4.69. The Morgan fingerprint density at radius 1 is 0.709 bits per heavy atom. The Morgan fingerprint density at radius 3 is 1.64 bits per heavy atom. The number of nitrogens with one attached hydrogen (secondary N) is 5. The van der Waals surface area contributed by atoms with Crippen molar-refractivity contribution in [3.63, 3.8) is 0 Å². The summed E-state index contributed by atoms with van der Waals surface area (Å²) in [6.07, 6.45) is -3.09. The van der Waals surface area contributed by atoms with Crippen molar-refractivity contribution >= 4 is 49.3 Å². The lowest BCUT2D eigenvalue weighted by molar-refractivity contribution is -0.143. The molecule has 302 valence electrons. The summed E-state index contributed by atoms with van der Waals surface area (Å²) in [6.45, 7) is 1.30. The van der Waals surface area contributed by atoms with Crippen molar-refractivity contribution in [1.29, 1.82) is 0 Å². The van der Waals surface area contributed by atoms with E-state index in [4.69, 9.17) is 25.7 Å². The van der Waals surface area contributed by atoms with E-state index in [0.717, 1.165) is 26.0 Å². The Kier molecular flexibility index (Phi) is 17.1. The van der Waals surface area contributed by atoms with Crippen LogP contribution in [-0.4, -0.2) is 126 Å². The van der Waals surface area contributed by atoms with Crippen molar-refractivity contribution < 1.29 is 78.0 Å². The van der Waals surface area contributed by atoms with Gasteiger partial charge in [-0.2, -0.15) is 0 Å². The van der Waals surface area contributed by atoms with Crippen LogP contribution in [0.15, 0.2) is 48.5 Å². The van der Waals surface area contributed by atoms with Crippen molar-refractivity contribution in [2.75, 3.05) is 6.61 Å². The van der Waals surface area contributed by atoms with Crippen molar-refractivity contribution in [2.45, 2.75) is 75.5 Å². The van der Waals surface area contributed by atoms with Crippen LogP contribution in [0.5, 0.6) is 11.5 Å². The van der Waals surface area contributed by atoms with Gasteiger partial charge in [0.2, 0.25) is 29.5 Å². The smallest absolute Gasteiger partial charge is 0.508 e. The van der Waals surface area contributed by atoms with E-state index in [1.165, 1.54) is 36.4 Å². The van der Waals surface area contributed by atoms with Gasteiger partial charge in [0.25, 0.3) is 0 Å². The zero-order chi connectivity index (χ0) is 41.6. The minimum atomic E-state index is -4.93. The highest BCUT2D eigenvalue weighted by atomic mass is 31.2. The molecule has 2 rings (SSSR count). The van der Waals surface area contributed by atoms with Crippen LogP contribution in [0.3, 0.4) is 0 Å². The summed E-state index contributed by atoms with van der Waals surface area (Å²) in [6, 6.07) is 0.608. The molecule has 0 saturated carbocycles. The molecule has 23 heteroatoms. The largest absolute Gasteiger partial charge is 0.524 e. The maximum Gasteiger partial charge on any atom is 0.524 e. The van der Waals surface area contributed by atoms with E-state index in [1.54, 1.807) is 0 Å². The van der Waals surface area contributed by atoms with E-state index in [2.05, 4.69) is 25.8 Å². The van der Waals surface area contributed by atoms with Crippen LogP contribution in [0.25, 0.3) is 0 Å². The maximum absolute atomic E-state index is 13.8. The number of phenols is 1. The number of phenolic OH excluding ortho intramolecular Hbond substituents is 1. The Morgan fingerprint density at radius 2 is 1.18 bits per heavy atom. The van der Waals surface area contributed by atoms with Crippen LogP contribution in [0.2, 0.25) is 0 Å². The predicted octanol–water partition coefficient (Wildman–Crippen LogP) is -3.65. The Hall–Kier alpha value is -5.64. The number of amides is 5. The molecule has 0 aliphatic rings. The topological polar surface area (TPSA) is 374 Å². The number of phosphoric ester groups is 1. The molecular formula is C32H43N6O16P. The Labute approximate surface area is 312 Å². The monoisotopic (exact) mass is 798 g/mol. The van der Waals surface area contributed by atoms with Crippen molar-refractivity contribution in [1.82, 2.24) is 26.6 Å². The summed E-state index contributed by atoms with van der Waals surface area (Å²) >= 11 is 0. The first-order valence-corrected chi connectivity index (χ1v) is 17.8. The molecule has 0 heterocycles. The molecule has 7 atom stereocenters.